The zero-order chi connectivity index (χ0) is 9.52. The van der Waals surface area contributed by atoms with Crippen molar-refractivity contribution in [2.45, 2.75) is 18.9 Å². The summed E-state index contributed by atoms with van der Waals surface area (Å²) in [6.45, 7) is 8.26. The number of hydrogen-bond acceptors (Lipinski definition) is 1. The molecule has 0 amide bonds. The standard InChI is InChI=1S/C12H17N/c1-3-5-7-11(6-4-2)10-13-12-8-9-12/h3-7,12-13H,1-2,8-10H2/b7-5-,11-6+. The first kappa shape index (κ1) is 10.0. The van der Waals surface area contributed by atoms with Crippen LogP contribution in [0.3, 0.4) is 0 Å². The third kappa shape index (κ3) is 4.48. The Bertz CT molecular complexity index is 232. The first-order valence-corrected chi connectivity index (χ1v) is 4.71. The lowest BCUT2D eigenvalue weighted by atomic mass is 10.2. The molecule has 0 unspecified atom stereocenters. The van der Waals surface area contributed by atoms with Crippen LogP contribution < -0.4 is 5.32 Å². The SMILES string of the molecule is C=C/C=C\C(=C/C=C)CNC1CC1. The molecule has 1 aliphatic rings. The molecule has 0 radical (unpaired) electrons. The summed E-state index contributed by atoms with van der Waals surface area (Å²) < 4.78 is 0. The van der Waals surface area contributed by atoms with Crippen LogP contribution in [0.1, 0.15) is 12.8 Å². The Labute approximate surface area is 80.5 Å². The Hall–Kier alpha value is -1.08. The molecule has 1 saturated carbocycles. The van der Waals surface area contributed by atoms with Gasteiger partial charge < -0.3 is 5.32 Å². The highest BCUT2D eigenvalue weighted by molar-refractivity contribution is 5.26. The summed E-state index contributed by atoms with van der Waals surface area (Å²) in [4.78, 5) is 0. The zero-order valence-corrected chi connectivity index (χ0v) is 8.00. The topological polar surface area (TPSA) is 12.0 Å². The van der Waals surface area contributed by atoms with Crippen LogP contribution in [-0.2, 0) is 0 Å². The van der Waals surface area contributed by atoms with Crippen molar-refractivity contribution in [3.63, 3.8) is 0 Å². The lowest BCUT2D eigenvalue weighted by molar-refractivity contribution is 0.741. The van der Waals surface area contributed by atoms with Gasteiger partial charge in [-0.2, -0.15) is 0 Å². The van der Waals surface area contributed by atoms with Crippen LogP contribution in [0.15, 0.2) is 49.1 Å². The van der Waals surface area contributed by atoms with Crippen LogP contribution in [0.5, 0.6) is 0 Å². The van der Waals surface area contributed by atoms with Gasteiger partial charge in [-0.1, -0.05) is 43.5 Å². The lowest BCUT2D eigenvalue weighted by Gasteiger charge is -2.02. The number of hydrogen-bond donors (Lipinski definition) is 1. The molecule has 1 aliphatic carbocycles. The van der Waals surface area contributed by atoms with Gasteiger partial charge in [0.2, 0.25) is 0 Å². The largest absolute Gasteiger partial charge is 0.310 e. The van der Waals surface area contributed by atoms with Crippen molar-refractivity contribution in [1.29, 1.82) is 0 Å². The summed E-state index contributed by atoms with van der Waals surface area (Å²) in [5.41, 5.74) is 1.25. The van der Waals surface area contributed by atoms with Crippen molar-refractivity contribution in [3.05, 3.63) is 49.1 Å². The minimum Gasteiger partial charge on any atom is -0.310 e. The van der Waals surface area contributed by atoms with E-state index in [1.165, 1.54) is 18.4 Å². The Morgan fingerprint density at radius 1 is 1.31 bits per heavy atom. The molecule has 0 aromatic carbocycles. The molecule has 70 valence electrons. The van der Waals surface area contributed by atoms with Crippen LogP contribution in [0.4, 0.5) is 0 Å². The summed E-state index contributed by atoms with van der Waals surface area (Å²) in [7, 11) is 0. The van der Waals surface area contributed by atoms with Crippen LogP contribution >= 0.6 is 0 Å². The summed E-state index contributed by atoms with van der Waals surface area (Å²) in [6, 6.07) is 0.755. The number of allylic oxidation sites excluding steroid dienone is 4. The molecule has 0 atom stereocenters. The molecule has 0 saturated heterocycles. The van der Waals surface area contributed by atoms with Crippen molar-refractivity contribution in [2.75, 3.05) is 6.54 Å². The minimum atomic E-state index is 0.755. The maximum Gasteiger partial charge on any atom is 0.0208 e. The Kier molecular flexibility index (Phi) is 4.27. The molecule has 1 heteroatoms. The predicted molar refractivity (Wildman–Crippen MR) is 58.6 cm³/mol. The van der Waals surface area contributed by atoms with Gasteiger partial charge in [-0.25, -0.2) is 0 Å². The number of nitrogens with one attached hydrogen (secondary N) is 1. The van der Waals surface area contributed by atoms with Crippen molar-refractivity contribution in [2.24, 2.45) is 0 Å². The van der Waals surface area contributed by atoms with E-state index in [1.54, 1.807) is 6.08 Å². The lowest BCUT2D eigenvalue weighted by Crippen LogP contribution is -2.18. The first-order chi connectivity index (χ1) is 6.36. The maximum absolute atomic E-state index is 3.69. The molecule has 1 rings (SSSR count). The Balaban J connectivity index is 2.35. The third-order valence-electron chi connectivity index (χ3n) is 1.95. The van der Waals surface area contributed by atoms with Gasteiger partial charge in [0.25, 0.3) is 0 Å². The summed E-state index contributed by atoms with van der Waals surface area (Å²) >= 11 is 0. The van der Waals surface area contributed by atoms with Gasteiger partial charge in [-0.05, 0) is 18.4 Å². The molecule has 13 heavy (non-hydrogen) atoms. The smallest absolute Gasteiger partial charge is 0.0208 e. The highest BCUT2D eigenvalue weighted by atomic mass is 14.9. The third-order valence-corrected chi connectivity index (χ3v) is 1.95. The molecule has 0 heterocycles. The summed E-state index contributed by atoms with van der Waals surface area (Å²) in [6.07, 6.45) is 12.3. The fourth-order valence-electron chi connectivity index (χ4n) is 1.07. The molecule has 0 bridgehead atoms. The van der Waals surface area contributed by atoms with Gasteiger partial charge in [-0.3, -0.25) is 0 Å². The molecule has 0 aromatic rings. The normalized spacial score (nSPS) is 17.7. The van der Waals surface area contributed by atoms with Gasteiger partial charge in [0.1, 0.15) is 0 Å². The van der Waals surface area contributed by atoms with Crippen molar-refractivity contribution < 1.29 is 0 Å². The van der Waals surface area contributed by atoms with E-state index in [0.29, 0.717) is 0 Å². The second-order valence-electron chi connectivity index (χ2n) is 3.23. The highest BCUT2D eigenvalue weighted by Crippen LogP contribution is 2.18. The van der Waals surface area contributed by atoms with E-state index in [2.05, 4.69) is 24.6 Å². The maximum atomic E-state index is 3.69. The van der Waals surface area contributed by atoms with E-state index in [1.807, 2.05) is 18.2 Å². The molecule has 0 spiro atoms. The average molecular weight is 175 g/mol. The Morgan fingerprint density at radius 2 is 2.08 bits per heavy atom. The van der Waals surface area contributed by atoms with Crippen LogP contribution in [-0.4, -0.2) is 12.6 Å². The average Bonchev–Trinajstić information content (AvgIpc) is 2.93. The second-order valence-corrected chi connectivity index (χ2v) is 3.23. The molecule has 0 aliphatic heterocycles. The first-order valence-electron chi connectivity index (χ1n) is 4.71. The van der Waals surface area contributed by atoms with E-state index < -0.39 is 0 Å². The van der Waals surface area contributed by atoms with Gasteiger partial charge in [0.15, 0.2) is 0 Å². The molecule has 1 nitrogen and oxygen atoms in total. The highest BCUT2D eigenvalue weighted by Gasteiger charge is 2.19. The summed E-state index contributed by atoms with van der Waals surface area (Å²) in [5, 5.41) is 3.45. The molecular weight excluding hydrogens is 158 g/mol. The second kappa shape index (κ2) is 5.55. The van der Waals surface area contributed by atoms with Crippen LogP contribution in [0.2, 0.25) is 0 Å². The van der Waals surface area contributed by atoms with E-state index in [9.17, 15) is 0 Å². The Morgan fingerprint density at radius 3 is 2.62 bits per heavy atom. The van der Waals surface area contributed by atoms with E-state index in [4.69, 9.17) is 0 Å². The van der Waals surface area contributed by atoms with Gasteiger partial charge in [-0.15, -0.1) is 0 Å². The molecule has 1 N–H and O–H groups in total. The van der Waals surface area contributed by atoms with Crippen molar-refractivity contribution in [1.82, 2.24) is 5.32 Å². The van der Waals surface area contributed by atoms with Crippen LogP contribution in [0.25, 0.3) is 0 Å². The van der Waals surface area contributed by atoms with E-state index in [-0.39, 0.29) is 0 Å². The predicted octanol–water partition coefficient (Wildman–Crippen LogP) is 2.59. The van der Waals surface area contributed by atoms with Crippen molar-refractivity contribution in [3.8, 4) is 0 Å². The fraction of sp³-hybridized carbons (Fsp3) is 0.333. The molecule has 1 fully saturated rings. The van der Waals surface area contributed by atoms with E-state index >= 15 is 0 Å². The molecule has 0 aromatic heterocycles. The zero-order valence-electron chi connectivity index (χ0n) is 8.00. The van der Waals surface area contributed by atoms with Gasteiger partial charge in [0, 0.05) is 12.6 Å². The summed E-state index contributed by atoms with van der Waals surface area (Å²) in [5.74, 6) is 0. The van der Waals surface area contributed by atoms with E-state index in [0.717, 1.165) is 12.6 Å². The number of rotatable bonds is 6. The quantitative estimate of drug-likeness (QED) is 0.612. The molecular formula is C12H17N. The van der Waals surface area contributed by atoms with Gasteiger partial charge in [0.05, 0.1) is 0 Å². The van der Waals surface area contributed by atoms with Crippen molar-refractivity contribution >= 4 is 0 Å². The van der Waals surface area contributed by atoms with Crippen LogP contribution in [0, 0.1) is 0 Å². The monoisotopic (exact) mass is 175 g/mol. The fourth-order valence-corrected chi connectivity index (χ4v) is 1.07. The minimum absolute atomic E-state index is 0.755. The van der Waals surface area contributed by atoms with Gasteiger partial charge >= 0.3 is 0 Å².